The van der Waals surface area contributed by atoms with Crippen molar-refractivity contribution < 1.29 is 12.8 Å². The van der Waals surface area contributed by atoms with E-state index in [0.29, 0.717) is 5.82 Å². The summed E-state index contributed by atoms with van der Waals surface area (Å²) >= 11 is 4.72. The highest BCUT2D eigenvalue weighted by atomic mass is 32.2. The molecular weight excluding hydrogens is 315 g/mol. The summed E-state index contributed by atoms with van der Waals surface area (Å²) in [6, 6.07) is 3.64. The number of sulfonamides is 1. The zero-order valence-electron chi connectivity index (χ0n) is 11.1. The number of benzene rings is 1. The first-order chi connectivity index (χ1) is 9.83. The van der Waals surface area contributed by atoms with Crippen LogP contribution >= 0.6 is 12.2 Å². The van der Waals surface area contributed by atoms with E-state index in [9.17, 15) is 12.8 Å². The number of rotatable bonds is 5. The van der Waals surface area contributed by atoms with Crippen molar-refractivity contribution in [2.75, 3.05) is 0 Å². The minimum atomic E-state index is -3.96. The number of halogens is 1. The Morgan fingerprint density at radius 1 is 1.52 bits per heavy atom. The van der Waals surface area contributed by atoms with Crippen LogP contribution in [0.1, 0.15) is 11.4 Å². The smallest absolute Gasteiger partial charge is 0.241 e. The molecule has 21 heavy (non-hydrogen) atoms. The van der Waals surface area contributed by atoms with Gasteiger partial charge in [-0.15, -0.1) is 0 Å². The Labute approximate surface area is 126 Å². The Hall–Kier alpha value is -1.84. The van der Waals surface area contributed by atoms with Crippen LogP contribution in [-0.2, 0) is 23.6 Å². The van der Waals surface area contributed by atoms with E-state index in [1.807, 2.05) is 0 Å². The Bertz CT molecular complexity index is 786. The third-order valence-electron chi connectivity index (χ3n) is 2.85. The third kappa shape index (κ3) is 3.26. The van der Waals surface area contributed by atoms with Crippen LogP contribution in [0, 0.1) is 5.82 Å². The Kier molecular flexibility index (Phi) is 4.35. The van der Waals surface area contributed by atoms with Gasteiger partial charge in [0, 0.05) is 19.4 Å². The van der Waals surface area contributed by atoms with Crippen LogP contribution in [0.3, 0.4) is 0 Å². The fraction of sp³-hybridized carbons (Fsp3) is 0.167. The molecule has 1 aromatic carbocycles. The number of thiocarbonyl (C=S) groups is 1. The zero-order valence-corrected chi connectivity index (χ0v) is 12.7. The number of nitrogens with zero attached hydrogens (tertiary/aromatic N) is 2. The topological polar surface area (TPSA) is 90.0 Å². The van der Waals surface area contributed by atoms with Crippen molar-refractivity contribution in [1.29, 1.82) is 0 Å². The van der Waals surface area contributed by atoms with Crippen LogP contribution < -0.4 is 10.5 Å². The maximum absolute atomic E-state index is 13.7. The number of hydrogen-bond donors (Lipinski definition) is 2. The fourth-order valence-corrected chi connectivity index (χ4v) is 3.25. The molecule has 0 radical (unpaired) electrons. The lowest BCUT2D eigenvalue weighted by molar-refractivity contribution is 0.573. The average molecular weight is 328 g/mol. The summed E-state index contributed by atoms with van der Waals surface area (Å²) in [5.74, 6) is -0.255. The predicted molar refractivity (Wildman–Crippen MR) is 79.5 cm³/mol. The monoisotopic (exact) mass is 328 g/mol. The molecule has 1 heterocycles. The van der Waals surface area contributed by atoms with Gasteiger partial charge in [0.2, 0.25) is 10.0 Å². The first-order valence-corrected chi connectivity index (χ1v) is 7.76. The molecule has 0 amide bonds. The molecule has 0 saturated carbocycles. The molecule has 0 saturated heterocycles. The van der Waals surface area contributed by atoms with Gasteiger partial charge in [-0.1, -0.05) is 18.3 Å². The van der Waals surface area contributed by atoms with Crippen LogP contribution in [0.15, 0.2) is 35.5 Å². The summed E-state index contributed by atoms with van der Waals surface area (Å²) in [5.41, 5.74) is 5.12. The van der Waals surface area contributed by atoms with Crippen molar-refractivity contribution in [3.05, 3.63) is 47.8 Å². The van der Waals surface area contributed by atoms with E-state index in [2.05, 4.69) is 9.71 Å². The van der Waals surface area contributed by atoms with Crippen molar-refractivity contribution in [3.63, 3.8) is 0 Å². The SMILES string of the molecule is Cn1ccnc1CNS(=O)(=O)c1cccc(F)c1C(N)=S. The molecule has 2 aromatic rings. The summed E-state index contributed by atoms with van der Waals surface area (Å²) in [6.45, 7) is -0.0287. The van der Waals surface area contributed by atoms with Crippen molar-refractivity contribution in [1.82, 2.24) is 14.3 Å². The van der Waals surface area contributed by atoms with Crippen molar-refractivity contribution in [2.24, 2.45) is 12.8 Å². The van der Waals surface area contributed by atoms with Crippen LogP contribution in [0.25, 0.3) is 0 Å². The van der Waals surface area contributed by atoms with Crippen LogP contribution in [-0.4, -0.2) is 23.0 Å². The molecule has 0 fully saturated rings. The van der Waals surface area contributed by atoms with E-state index in [0.717, 1.165) is 6.07 Å². The maximum atomic E-state index is 13.7. The third-order valence-corrected chi connectivity index (χ3v) is 4.50. The first kappa shape index (κ1) is 15.5. The Morgan fingerprint density at radius 2 is 2.24 bits per heavy atom. The number of imidazole rings is 1. The van der Waals surface area contributed by atoms with E-state index in [1.54, 1.807) is 24.0 Å². The average Bonchev–Trinajstić information content (AvgIpc) is 2.81. The Morgan fingerprint density at radius 3 is 2.81 bits per heavy atom. The van der Waals surface area contributed by atoms with Gasteiger partial charge in [0.25, 0.3) is 0 Å². The second-order valence-corrected chi connectivity index (χ2v) is 6.43. The molecule has 0 aliphatic heterocycles. The summed E-state index contributed by atoms with van der Waals surface area (Å²) in [6.07, 6.45) is 3.23. The quantitative estimate of drug-likeness (QED) is 0.788. The predicted octanol–water partition coefficient (Wildman–Crippen LogP) is 0.672. The summed E-state index contributed by atoms with van der Waals surface area (Å²) in [5, 5.41) is 0. The molecule has 0 aliphatic rings. The molecule has 2 rings (SSSR count). The fourth-order valence-electron chi connectivity index (χ4n) is 1.77. The molecule has 0 unspecified atom stereocenters. The lowest BCUT2D eigenvalue weighted by Gasteiger charge is -2.11. The van der Waals surface area contributed by atoms with Gasteiger partial charge < -0.3 is 10.3 Å². The molecule has 1 aromatic heterocycles. The normalized spacial score (nSPS) is 11.5. The number of hydrogen-bond acceptors (Lipinski definition) is 4. The molecule has 6 nitrogen and oxygen atoms in total. The van der Waals surface area contributed by atoms with Gasteiger partial charge >= 0.3 is 0 Å². The first-order valence-electron chi connectivity index (χ1n) is 5.87. The van der Waals surface area contributed by atoms with E-state index < -0.39 is 15.8 Å². The molecule has 0 bridgehead atoms. The van der Waals surface area contributed by atoms with E-state index in [-0.39, 0.29) is 22.0 Å². The van der Waals surface area contributed by atoms with Gasteiger partial charge in [-0.2, -0.15) is 0 Å². The molecule has 0 aliphatic carbocycles. The lowest BCUT2D eigenvalue weighted by atomic mass is 10.2. The van der Waals surface area contributed by atoms with E-state index in [1.165, 1.54) is 12.1 Å². The molecule has 112 valence electrons. The van der Waals surface area contributed by atoms with Gasteiger partial charge in [0.05, 0.1) is 17.0 Å². The Balaban J connectivity index is 2.34. The van der Waals surface area contributed by atoms with Gasteiger partial charge in [-0.05, 0) is 12.1 Å². The second kappa shape index (κ2) is 5.88. The minimum Gasteiger partial charge on any atom is -0.389 e. The molecule has 9 heteroatoms. The van der Waals surface area contributed by atoms with Crippen molar-refractivity contribution >= 4 is 27.2 Å². The summed E-state index contributed by atoms with van der Waals surface area (Å²) < 4.78 is 42.3. The van der Waals surface area contributed by atoms with Crippen molar-refractivity contribution in [2.45, 2.75) is 11.4 Å². The number of aryl methyl sites for hydroxylation is 1. The van der Waals surface area contributed by atoms with Crippen LogP contribution in [0.5, 0.6) is 0 Å². The maximum Gasteiger partial charge on any atom is 0.241 e. The number of aromatic nitrogens is 2. The molecule has 0 spiro atoms. The van der Waals surface area contributed by atoms with Gasteiger partial charge in [0.1, 0.15) is 16.6 Å². The van der Waals surface area contributed by atoms with E-state index >= 15 is 0 Å². The van der Waals surface area contributed by atoms with Crippen LogP contribution in [0.2, 0.25) is 0 Å². The van der Waals surface area contributed by atoms with Gasteiger partial charge in [-0.25, -0.2) is 22.5 Å². The van der Waals surface area contributed by atoms with Gasteiger partial charge in [0.15, 0.2) is 0 Å². The van der Waals surface area contributed by atoms with Gasteiger partial charge in [-0.3, -0.25) is 0 Å². The summed E-state index contributed by atoms with van der Waals surface area (Å²) in [4.78, 5) is 3.40. The molecule has 3 N–H and O–H groups in total. The minimum absolute atomic E-state index is 0.0287. The van der Waals surface area contributed by atoms with Crippen molar-refractivity contribution in [3.8, 4) is 0 Å². The standard InChI is InChI=1S/C12H13FN4O2S2/c1-17-6-5-15-10(17)7-16-21(18,19)9-4-2-3-8(13)11(9)12(14)20/h2-6,16H,7H2,1H3,(H2,14,20). The second-order valence-electron chi connectivity index (χ2n) is 4.26. The number of nitrogens with two attached hydrogens (primary N) is 1. The lowest BCUT2D eigenvalue weighted by Crippen LogP contribution is -2.28. The highest BCUT2D eigenvalue weighted by Crippen LogP contribution is 2.19. The largest absolute Gasteiger partial charge is 0.389 e. The van der Waals surface area contributed by atoms with E-state index in [4.69, 9.17) is 18.0 Å². The zero-order chi connectivity index (χ0) is 15.6. The molecule has 0 atom stereocenters. The van der Waals surface area contributed by atoms with Crippen LogP contribution in [0.4, 0.5) is 4.39 Å². The number of nitrogens with one attached hydrogen (secondary N) is 1. The highest BCUT2D eigenvalue weighted by molar-refractivity contribution is 7.89. The summed E-state index contributed by atoms with van der Waals surface area (Å²) in [7, 11) is -2.23. The molecular formula is C12H13FN4O2S2. The highest BCUT2D eigenvalue weighted by Gasteiger charge is 2.22.